The van der Waals surface area contributed by atoms with Crippen molar-refractivity contribution in [3.8, 4) is 5.75 Å². The van der Waals surface area contributed by atoms with Gasteiger partial charge in [-0.3, -0.25) is 4.79 Å². The molecule has 0 aliphatic heterocycles. The molecule has 0 saturated heterocycles. The third-order valence-corrected chi connectivity index (χ3v) is 3.14. The predicted molar refractivity (Wildman–Crippen MR) is 88.5 cm³/mol. The van der Waals surface area contributed by atoms with Gasteiger partial charge in [-0.2, -0.15) is 0 Å². The maximum atomic E-state index is 12.0. The van der Waals surface area contributed by atoms with Crippen LogP contribution in [0, 0.1) is 6.92 Å². The summed E-state index contributed by atoms with van der Waals surface area (Å²) in [5, 5.41) is 15.5. The molecule has 0 fully saturated rings. The van der Waals surface area contributed by atoms with E-state index in [0.29, 0.717) is 16.1 Å². The van der Waals surface area contributed by atoms with Crippen LogP contribution in [0.3, 0.4) is 0 Å². The first-order chi connectivity index (χ1) is 10.5. The zero-order valence-electron chi connectivity index (χ0n) is 14.0. The first-order valence-electron chi connectivity index (χ1n) is 7.25. The van der Waals surface area contributed by atoms with Crippen molar-refractivity contribution in [1.29, 1.82) is 0 Å². The number of phenolic OH excluding ortho intramolecular Hbond substituents is 1. The molecule has 0 spiro atoms. The number of phenols is 1. The maximum Gasteiger partial charge on any atom is 0.408 e. The number of ether oxygens (including phenoxy) is 1. The Morgan fingerprint density at radius 1 is 1.35 bits per heavy atom. The van der Waals surface area contributed by atoms with Gasteiger partial charge in [0.25, 0.3) is 0 Å². The van der Waals surface area contributed by atoms with Gasteiger partial charge in [0.15, 0.2) is 0 Å². The van der Waals surface area contributed by atoms with Crippen LogP contribution in [0.4, 0.5) is 4.79 Å². The first-order valence-corrected chi connectivity index (χ1v) is 7.62. The fourth-order valence-electron chi connectivity index (χ4n) is 1.82. The van der Waals surface area contributed by atoms with Crippen molar-refractivity contribution in [3.05, 3.63) is 28.3 Å². The minimum Gasteiger partial charge on any atom is -0.507 e. The van der Waals surface area contributed by atoms with E-state index in [1.54, 1.807) is 46.8 Å². The number of benzene rings is 1. The summed E-state index contributed by atoms with van der Waals surface area (Å²) in [6, 6.07) is 2.44. The molecule has 0 aliphatic rings. The van der Waals surface area contributed by atoms with Gasteiger partial charge in [0.05, 0.1) is 0 Å². The number of hydrogen-bond acceptors (Lipinski definition) is 4. The summed E-state index contributed by atoms with van der Waals surface area (Å²) >= 11 is 5.93. The Kier molecular flexibility index (Phi) is 6.27. The molecule has 0 unspecified atom stereocenters. The van der Waals surface area contributed by atoms with Gasteiger partial charge in [-0.15, -0.1) is 0 Å². The number of amides is 2. The molecular weight excluding hydrogens is 320 g/mol. The predicted octanol–water partition coefficient (Wildman–Crippen LogP) is 2.88. The average Bonchev–Trinajstić information content (AvgIpc) is 2.38. The molecule has 0 aromatic heterocycles. The summed E-state index contributed by atoms with van der Waals surface area (Å²) in [7, 11) is 0. The summed E-state index contributed by atoms with van der Waals surface area (Å²) < 4.78 is 5.08. The van der Waals surface area contributed by atoms with Crippen LogP contribution in [0.5, 0.6) is 5.75 Å². The van der Waals surface area contributed by atoms with Crippen molar-refractivity contribution in [3.63, 3.8) is 0 Å². The van der Waals surface area contributed by atoms with E-state index in [0.717, 1.165) is 0 Å². The number of hydrogen-bond donors (Lipinski definition) is 3. The minimum atomic E-state index is -0.771. The fourth-order valence-corrected chi connectivity index (χ4v) is 2.12. The van der Waals surface area contributed by atoms with Gasteiger partial charge in [0.2, 0.25) is 5.91 Å². The van der Waals surface area contributed by atoms with Crippen LogP contribution in [-0.4, -0.2) is 28.7 Å². The Balaban J connectivity index is 2.58. The molecule has 1 aromatic carbocycles. The highest BCUT2D eigenvalue weighted by Crippen LogP contribution is 2.26. The molecule has 0 aliphatic carbocycles. The average molecular weight is 343 g/mol. The van der Waals surface area contributed by atoms with Crippen LogP contribution in [-0.2, 0) is 16.1 Å². The molecule has 3 N–H and O–H groups in total. The molecular formula is C16H23ClN2O4. The van der Waals surface area contributed by atoms with Crippen LogP contribution in [0.1, 0.15) is 38.8 Å². The Hall–Kier alpha value is -1.95. The second-order valence-corrected chi connectivity index (χ2v) is 6.75. The third kappa shape index (κ3) is 6.36. The van der Waals surface area contributed by atoms with E-state index in [-0.39, 0.29) is 12.3 Å². The lowest BCUT2D eigenvalue weighted by Gasteiger charge is -2.21. The molecule has 1 aromatic rings. The third-order valence-electron chi connectivity index (χ3n) is 2.92. The van der Waals surface area contributed by atoms with E-state index in [2.05, 4.69) is 10.6 Å². The van der Waals surface area contributed by atoms with Gasteiger partial charge in [0, 0.05) is 17.1 Å². The summed E-state index contributed by atoms with van der Waals surface area (Å²) in [6.45, 7) is 8.58. The van der Waals surface area contributed by atoms with Crippen LogP contribution < -0.4 is 10.6 Å². The van der Waals surface area contributed by atoms with Crippen molar-refractivity contribution in [2.24, 2.45) is 0 Å². The number of carbonyl (C=O) groups excluding carboxylic acids is 2. The van der Waals surface area contributed by atoms with Crippen LogP contribution >= 0.6 is 11.6 Å². The quantitative estimate of drug-likeness (QED) is 0.785. The Morgan fingerprint density at radius 2 is 1.96 bits per heavy atom. The molecule has 128 valence electrons. The van der Waals surface area contributed by atoms with E-state index in [9.17, 15) is 14.7 Å². The summed E-state index contributed by atoms with van der Waals surface area (Å²) in [5.41, 5.74) is 0.499. The Bertz CT molecular complexity index is 596. The molecule has 7 heteroatoms. The Labute approximate surface area is 141 Å². The first kappa shape index (κ1) is 19.1. The molecule has 0 heterocycles. The zero-order valence-corrected chi connectivity index (χ0v) is 14.7. The summed E-state index contributed by atoms with van der Waals surface area (Å²) in [5.74, 6) is -0.310. The molecule has 0 bridgehead atoms. The second kappa shape index (κ2) is 7.55. The Morgan fingerprint density at radius 3 is 2.52 bits per heavy atom. The lowest BCUT2D eigenvalue weighted by molar-refractivity contribution is -0.122. The molecule has 6 nitrogen and oxygen atoms in total. The monoisotopic (exact) mass is 342 g/mol. The number of nitrogens with one attached hydrogen (secondary N) is 2. The molecule has 1 atom stereocenters. The topological polar surface area (TPSA) is 87.7 Å². The van der Waals surface area contributed by atoms with Gasteiger partial charge in [-0.05, 0) is 52.3 Å². The SMILES string of the molecule is Cc1cc(Cl)cc(CNC(=O)[C@H](C)NC(=O)OC(C)(C)C)c1O. The van der Waals surface area contributed by atoms with Crippen LogP contribution in [0.15, 0.2) is 12.1 Å². The van der Waals surface area contributed by atoms with Gasteiger partial charge < -0.3 is 20.5 Å². The molecule has 0 saturated carbocycles. The van der Waals surface area contributed by atoms with Gasteiger partial charge in [-0.25, -0.2) is 4.79 Å². The van der Waals surface area contributed by atoms with Gasteiger partial charge in [0.1, 0.15) is 17.4 Å². The standard InChI is InChI=1S/C16H23ClN2O4/c1-9-6-12(17)7-11(13(9)20)8-18-14(21)10(2)19-15(22)23-16(3,4)5/h6-7,10,20H,8H2,1-5H3,(H,18,21)(H,19,22)/t10-/m0/s1. The minimum absolute atomic E-state index is 0.0856. The molecule has 1 rings (SSSR count). The lowest BCUT2D eigenvalue weighted by atomic mass is 10.1. The van der Waals surface area contributed by atoms with Gasteiger partial charge >= 0.3 is 6.09 Å². The van der Waals surface area contributed by atoms with E-state index in [1.807, 2.05) is 0 Å². The number of aryl methyl sites for hydroxylation is 1. The smallest absolute Gasteiger partial charge is 0.408 e. The van der Waals surface area contributed by atoms with Crippen molar-refractivity contribution in [2.75, 3.05) is 0 Å². The number of rotatable bonds is 4. The number of aromatic hydroxyl groups is 1. The number of alkyl carbamates (subject to hydrolysis) is 1. The lowest BCUT2D eigenvalue weighted by Crippen LogP contribution is -2.46. The summed E-state index contributed by atoms with van der Waals surface area (Å²) in [6.07, 6.45) is -0.665. The highest BCUT2D eigenvalue weighted by molar-refractivity contribution is 6.30. The maximum absolute atomic E-state index is 12.0. The highest BCUT2D eigenvalue weighted by atomic mass is 35.5. The second-order valence-electron chi connectivity index (χ2n) is 6.32. The molecule has 2 amide bonds. The van der Waals surface area contributed by atoms with Crippen LogP contribution in [0.25, 0.3) is 0 Å². The number of carbonyl (C=O) groups is 2. The number of halogens is 1. The van der Waals surface area contributed by atoms with Crippen molar-refractivity contribution in [2.45, 2.75) is 52.8 Å². The largest absolute Gasteiger partial charge is 0.507 e. The zero-order chi connectivity index (χ0) is 17.8. The molecule has 23 heavy (non-hydrogen) atoms. The van der Waals surface area contributed by atoms with Gasteiger partial charge in [-0.1, -0.05) is 11.6 Å². The highest BCUT2D eigenvalue weighted by Gasteiger charge is 2.21. The van der Waals surface area contributed by atoms with E-state index >= 15 is 0 Å². The van der Waals surface area contributed by atoms with Crippen molar-refractivity contribution in [1.82, 2.24) is 10.6 Å². The van der Waals surface area contributed by atoms with E-state index < -0.39 is 23.6 Å². The molecule has 0 radical (unpaired) electrons. The van der Waals surface area contributed by atoms with Crippen LogP contribution in [0.2, 0.25) is 5.02 Å². The van der Waals surface area contributed by atoms with E-state index in [4.69, 9.17) is 16.3 Å². The summed E-state index contributed by atoms with van der Waals surface area (Å²) in [4.78, 5) is 23.6. The van der Waals surface area contributed by atoms with Crippen molar-refractivity contribution >= 4 is 23.6 Å². The normalized spacial score (nSPS) is 12.4. The van der Waals surface area contributed by atoms with Crippen molar-refractivity contribution < 1.29 is 19.4 Å². The van der Waals surface area contributed by atoms with E-state index in [1.165, 1.54) is 0 Å². The fraction of sp³-hybridized carbons (Fsp3) is 0.500.